The van der Waals surface area contributed by atoms with E-state index in [-0.39, 0.29) is 4.90 Å². The molecule has 0 aliphatic carbocycles. The molecule has 0 bridgehead atoms. The predicted octanol–water partition coefficient (Wildman–Crippen LogP) is 2.01. The molecule has 0 radical (unpaired) electrons. The molecule has 2 N–H and O–H groups in total. The molecule has 0 aromatic heterocycles. The van der Waals surface area contributed by atoms with Crippen LogP contribution in [0.15, 0.2) is 23.1 Å². The zero-order chi connectivity index (χ0) is 14.3. The van der Waals surface area contributed by atoms with Crippen molar-refractivity contribution in [2.24, 2.45) is 0 Å². The third-order valence-electron chi connectivity index (χ3n) is 2.76. The zero-order valence-electron chi connectivity index (χ0n) is 11.4. The Bertz CT molecular complexity index is 503. The van der Waals surface area contributed by atoms with Crippen LogP contribution in [0, 0.1) is 5.82 Å². The average molecular weight is 288 g/mol. The van der Waals surface area contributed by atoms with Crippen LogP contribution in [-0.2, 0) is 16.6 Å². The van der Waals surface area contributed by atoms with Crippen molar-refractivity contribution in [1.82, 2.24) is 10.0 Å². The summed E-state index contributed by atoms with van der Waals surface area (Å²) in [6.45, 7) is 2.81. The Morgan fingerprint density at radius 1 is 1.26 bits per heavy atom. The van der Waals surface area contributed by atoms with E-state index in [1.807, 2.05) is 6.92 Å². The van der Waals surface area contributed by atoms with Crippen molar-refractivity contribution in [3.63, 3.8) is 0 Å². The van der Waals surface area contributed by atoms with E-state index in [1.54, 1.807) is 7.05 Å². The number of halogens is 1. The third kappa shape index (κ3) is 4.89. The fourth-order valence-electron chi connectivity index (χ4n) is 1.77. The molecule has 0 heterocycles. The molecule has 0 fully saturated rings. The molecule has 0 saturated carbocycles. The minimum atomic E-state index is -3.65. The van der Waals surface area contributed by atoms with Gasteiger partial charge in [0.05, 0.1) is 4.90 Å². The number of nitrogens with one attached hydrogen (secondary N) is 2. The van der Waals surface area contributed by atoms with Gasteiger partial charge in [-0.1, -0.05) is 25.8 Å². The molecule has 4 nitrogen and oxygen atoms in total. The molecule has 6 heteroatoms. The number of benzene rings is 1. The van der Waals surface area contributed by atoms with Crippen molar-refractivity contribution in [3.8, 4) is 0 Å². The van der Waals surface area contributed by atoms with E-state index in [0.29, 0.717) is 18.7 Å². The van der Waals surface area contributed by atoms with Crippen molar-refractivity contribution >= 4 is 10.0 Å². The summed E-state index contributed by atoms with van der Waals surface area (Å²) < 4.78 is 40.0. The first-order valence-corrected chi connectivity index (χ1v) is 7.92. The van der Waals surface area contributed by atoms with Gasteiger partial charge in [0.2, 0.25) is 10.0 Å². The van der Waals surface area contributed by atoms with Gasteiger partial charge < -0.3 is 5.32 Å². The lowest BCUT2D eigenvalue weighted by Crippen LogP contribution is -2.26. The van der Waals surface area contributed by atoms with E-state index in [4.69, 9.17) is 0 Å². The quantitative estimate of drug-likeness (QED) is 0.720. The van der Waals surface area contributed by atoms with Crippen LogP contribution < -0.4 is 10.0 Å². The first-order valence-electron chi connectivity index (χ1n) is 6.44. The van der Waals surface area contributed by atoms with Crippen LogP contribution in [0.25, 0.3) is 0 Å². The van der Waals surface area contributed by atoms with E-state index < -0.39 is 15.8 Å². The van der Waals surface area contributed by atoms with E-state index in [1.165, 1.54) is 12.1 Å². The van der Waals surface area contributed by atoms with Gasteiger partial charge in [0.25, 0.3) is 0 Å². The normalized spacial score (nSPS) is 11.7. The second-order valence-corrected chi connectivity index (χ2v) is 6.12. The van der Waals surface area contributed by atoms with Gasteiger partial charge in [-0.25, -0.2) is 17.5 Å². The van der Waals surface area contributed by atoms with Crippen LogP contribution in [0.4, 0.5) is 4.39 Å². The molecule has 0 aliphatic heterocycles. The molecule has 108 valence electrons. The predicted molar refractivity (Wildman–Crippen MR) is 73.9 cm³/mol. The summed E-state index contributed by atoms with van der Waals surface area (Å²) in [5, 5.41) is 2.88. The third-order valence-corrected chi connectivity index (χ3v) is 4.30. The van der Waals surface area contributed by atoms with Gasteiger partial charge in [-0.05, 0) is 31.2 Å². The second-order valence-electron chi connectivity index (χ2n) is 4.39. The highest BCUT2D eigenvalue weighted by molar-refractivity contribution is 7.89. The summed E-state index contributed by atoms with van der Waals surface area (Å²) in [6, 6.07) is 3.82. The Morgan fingerprint density at radius 3 is 2.63 bits per heavy atom. The fraction of sp³-hybridized carbons (Fsp3) is 0.538. The van der Waals surface area contributed by atoms with Crippen molar-refractivity contribution < 1.29 is 12.8 Å². The van der Waals surface area contributed by atoms with Crippen molar-refractivity contribution in [2.75, 3.05) is 13.6 Å². The number of sulfonamides is 1. The van der Waals surface area contributed by atoms with Crippen LogP contribution in [-0.4, -0.2) is 22.0 Å². The lowest BCUT2D eigenvalue weighted by Gasteiger charge is -2.11. The molecule has 19 heavy (non-hydrogen) atoms. The SMILES string of the molecule is CCCCCNS(=O)(=O)c1cc(F)ccc1CNC. The average Bonchev–Trinajstić information content (AvgIpc) is 2.37. The zero-order valence-corrected chi connectivity index (χ0v) is 12.2. The molecule has 0 atom stereocenters. The summed E-state index contributed by atoms with van der Waals surface area (Å²) in [4.78, 5) is 0.0124. The molecule has 1 aromatic carbocycles. The van der Waals surface area contributed by atoms with Gasteiger partial charge in [-0.15, -0.1) is 0 Å². The number of hydrogen-bond acceptors (Lipinski definition) is 3. The number of unbranched alkanes of at least 4 members (excludes halogenated alkanes) is 2. The van der Waals surface area contributed by atoms with Crippen LogP contribution in [0.3, 0.4) is 0 Å². The Labute approximate surface area is 114 Å². The van der Waals surface area contributed by atoms with Crippen LogP contribution in [0.2, 0.25) is 0 Å². The Morgan fingerprint density at radius 2 is 2.00 bits per heavy atom. The van der Waals surface area contributed by atoms with Crippen LogP contribution >= 0.6 is 0 Å². The Kier molecular flexibility index (Phi) is 6.41. The highest BCUT2D eigenvalue weighted by Crippen LogP contribution is 2.17. The number of rotatable bonds is 8. The molecule has 0 saturated heterocycles. The van der Waals surface area contributed by atoms with E-state index in [9.17, 15) is 12.8 Å². The Hall–Kier alpha value is -0.980. The molecule has 0 amide bonds. The lowest BCUT2D eigenvalue weighted by molar-refractivity contribution is 0.570. The standard InChI is InChI=1S/C13H21FN2O2S/c1-3-4-5-8-16-19(17,18)13-9-12(14)7-6-11(13)10-15-2/h6-7,9,15-16H,3-5,8,10H2,1-2H3. The molecular formula is C13H21FN2O2S. The molecular weight excluding hydrogens is 267 g/mol. The first-order chi connectivity index (χ1) is 9.01. The van der Waals surface area contributed by atoms with Gasteiger partial charge in [0.1, 0.15) is 5.82 Å². The number of hydrogen-bond donors (Lipinski definition) is 2. The highest BCUT2D eigenvalue weighted by atomic mass is 32.2. The monoisotopic (exact) mass is 288 g/mol. The molecule has 0 spiro atoms. The van der Waals surface area contributed by atoms with Crippen LogP contribution in [0.5, 0.6) is 0 Å². The van der Waals surface area contributed by atoms with Crippen molar-refractivity contribution in [1.29, 1.82) is 0 Å². The van der Waals surface area contributed by atoms with Crippen LogP contribution in [0.1, 0.15) is 31.7 Å². The van der Waals surface area contributed by atoms with E-state index >= 15 is 0 Å². The maximum absolute atomic E-state index is 13.2. The van der Waals surface area contributed by atoms with Gasteiger partial charge in [0.15, 0.2) is 0 Å². The maximum Gasteiger partial charge on any atom is 0.240 e. The fourth-order valence-corrected chi connectivity index (χ4v) is 3.10. The summed E-state index contributed by atoms with van der Waals surface area (Å²) >= 11 is 0. The largest absolute Gasteiger partial charge is 0.316 e. The first kappa shape index (κ1) is 16.1. The van der Waals surface area contributed by atoms with Gasteiger partial charge in [0, 0.05) is 13.1 Å². The highest BCUT2D eigenvalue weighted by Gasteiger charge is 2.18. The molecule has 1 aromatic rings. The summed E-state index contributed by atoms with van der Waals surface area (Å²) in [5.41, 5.74) is 0.562. The van der Waals surface area contributed by atoms with Crippen molar-refractivity contribution in [3.05, 3.63) is 29.6 Å². The lowest BCUT2D eigenvalue weighted by atomic mass is 10.2. The van der Waals surface area contributed by atoms with E-state index in [0.717, 1.165) is 25.3 Å². The maximum atomic E-state index is 13.2. The summed E-state index contributed by atoms with van der Waals surface area (Å²) in [5.74, 6) is -0.547. The van der Waals surface area contributed by atoms with Gasteiger partial charge in [-0.3, -0.25) is 0 Å². The van der Waals surface area contributed by atoms with Gasteiger partial charge >= 0.3 is 0 Å². The minimum Gasteiger partial charge on any atom is -0.316 e. The Balaban J connectivity index is 2.89. The van der Waals surface area contributed by atoms with Gasteiger partial charge in [-0.2, -0.15) is 0 Å². The van der Waals surface area contributed by atoms with Crippen molar-refractivity contribution in [2.45, 2.75) is 37.6 Å². The second kappa shape index (κ2) is 7.57. The smallest absolute Gasteiger partial charge is 0.240 e. The molecule has 0 aliphatic rings. The minimum absolute atomic E-state index is 0.0124. The van der Waals surface area contributed by atoms with E-state index in [2.05, 4.69) is 10.0 Å². The molecule has 0 unspecified atom stereocenters. The topological polar surface area (TPSA) is 58.2 Å². The molecule has 1 rings (SSSR count). The summed E-state index contributed by atoms with van der Waals surface area (Å²) in [7, 11) is -1.93. The summed E-state index contributed by atoms with van der Waals surface area (Å²) in [6.07, 6.45) is 2.77.